The van der Waals surface area contributed by atoms with Crippen LogP contribution < -0.4 is 5.32 Å². The zero-order valence-corrected chi connectivity index (χ0v) is 19.8. The van der Waals surface area contributed by atoms with Crippen molar-refractivity contribution in [2.24, 2.45) is 0 Å². The van der Waals surface area contributed by atoms with E-state index in [4.69, 9.17) is 9.47 Å². The fourth-order valence-corrected chi connectivity index (χ4v) is 4.84. The minimum absolute atomic E-state index is 0.136. The van der Waals surface area contributed by atoms with Gasteiger partial charge in [-0.15, -0.1) is 11.3 Å². The average Bonchev–Trinajstić information content (AvgIpc) is 3.22. The first-order valence-corrected chi connectivity index (χ1v) is 11.4. The summed E-state index contributed by atoms with van der Waals surface area (Å²) in [6.07, 6.45) is 0.600. The van der Waals surface area contributed by atoms with E-state index in [1.165, 1.54) is 49.3 Å². The molecule has 4 aromatic rings. The SMILES string of the molecule is COC(=O)c1cc(NC(=O)c2sc3ccccc3c2Cc2ccc(C)cc2)cc(C(=O)OC)c1. The van der Waals surface area contributed by atoms with E-state index in [1.54, 1.807) is 0 Å². The fraction of sp³-hybridized carbons (Fsp3) is 0.148. The first kappa shape index (κ1) is 23.2. The summed E-state index contributed by atoms with van der Waals surface area (Å²) in [5.74, 6) is -1.56. The van der Waals surface area contributed by atoms with Gasteiger partial charge in [-0.2, -0.15) is 0 Å². The summed E-state index contributed by atoms with van der Waals surface area (Å²) < 4.78 is 10.6. The third-order valence-electron chi connectivity index (χ3n) is 5.44. The predicted octanol–water partition coefficient (Wildman–Crippen LogP) is 5.63. The van der Waals surface area contributed by atoms with E-state index in [0.29, 0.717) is 17.0 Å². The molecule has 0 spiro atoms. The van der Waals surface area contributed by atoms with Gasteiger partial charge >= 0.3 is 11.9 Å². The van der Waals surface area contributed by atoms with Crippen LogP contribution in [0.1, 0.15) is 47.1 Å². The van der Waals surface area contributed by atoms with Crippen LogP contribution in [0.5, 0.6) is 0 Å². The van der Waals surface area contributed by atoms with Gasteiger partial charge in [-0.3, -0.25) is 4.79 Å². The van der Waals surface area contributed by atoms with Crippen molar-refractivity contribution in [3.05, 3.63) is 99.4 Å². The number of ether oxygens (including phenoxy) is 2. The number of hydrogen-bond donors (Lipinski definition) is 1. The van der Waals surface area contributed by atoms with E-state index in [-0.39, 0.29) is 17.0 Å². The van der Waals surface area contributed by atoms with Gasteiger partial charge in [0.25, 0.3) is 5.91 Å². The first-order chi connectivity index (χ1) is 16.4. The number of benzene rings is 3. The molecule has 1 aromatic heterocycles. The zero-order valence-electron chi connectivity index (χ0n) is 19.0. The first-order valence-electron chi connectivity index (χ1n) is 10.6. The van der Waals surface area contributed by atoms with E-state index >= 15 is 0 Å². The molecule has 1 N–H and O–H groups in total. The number of methoxy groups -OCH3 is 2. The summed E-state index contributed by atoms with van der Waals surface area (Å²) in [7, 11) is 2.50. The monoisotopic (exact) mass is 473 g/mol. The molecule has 3 aromatic carbocycles. The van der Waals surface area contributed by atoms with Crippen molar-refractivity contribution in [2.45, 2.75) is 13.3 Å². The Labute approximate surface area is 201 Å². The molecule has 0 unspecified atom stereocenters. The number of hydrogen-bond acceptors (Lipinski definition) is 6. The highest BCUT2D eigenvalue weighted by Gasteiger charge is 2.20. The number of amides is 1. The van der Waals surface area contributed by atoms with Crippen molar-refractivity contribution in [3.8, 4) is 0 Å². The van der Waals surface area contributed by atoms with Gasteiger partial charge in [0, 0.05) is 10.4 Å². The quantitative estimate of drug-likeness (QED) is 0.367. The molecule has 0 bridgehead atoms. The summed E-state index contributed by atoms with van der Waals surface area (Å²) >= 11 is 1.41. The third kappa shape index (κ3) is 4.84. The Morgan fingerprint density at radius 3 is 2.09 bits per heavy atom. The van der Waals surface area contributed by atoms with Crippen LogP contribution in [0.4, 0.5) is 5.69 Å². The number of thiophene rings is 1. The Morgan fingerprint density at radius 1 is 0.853 bits per heavy atom. The maximum absolute atomic E-state index is 13.4. The summed E-state index contributed by atoms with van der Waals surface area (Å²) in [5, 5.41) is 3.87. The lowest BCUT2D eigenvalue weighted by molar-refractivity contribution is 0.0599. The molecular weight excluding hydrogens is 450 g/mol. The second-order valence-electron chi connectivity index (χ2n) is 7.80. The van der Waals surface area contributed by atoms with E-state index in [2.05, 4.69) is 29.6 Å². The normalized spacial score (nSPS) is 10.7. The van der Waals surface area contributed by atoms with Crippen LogP contribution in [0.2, 0.25) is 0 Å². The molecular formula is C27H23NO5S. The topological polar surface area (TPSA) is 81.7 Å². The molecule has 0 atom stereocenters. The minimum Gasteiger partial charge on any atom is -0.465 e. The summed E-state index contributed by atoms with van der Waals surface area (Å²) in [6.45, 7) is 2.04. The highest BCUT2D eigenvalue weighted by atomic mass is 32.1. The van der Waals surface area contributed by atoms with Crippen molar-refractivity contribution in [3.63, 3.8) is 0 Å². The molecule has 0 saturated carbocycles. The zero-order chi connectivity index (χ0) is 24.2. The largest absolute Gasteiger partial charge is 0.465 e. The molecule has 6 nitrogen and oxygen atoms in total. The molecule has 7 heteroatoms. The van der Waals surface area contributed by atoms with Crippen molar-refractivity contribution in [2.75, 3.05) is 19.5 Å². The van der Waals surface area contributed by atoms with Crippen LogP contribution in [-0.2, 0) is 15.9 Å². The maximum atomic E-state index is 13.4. The molecule has 0 aliphatic carbocycles. The van der Waals surface area contributed by atoms with Gasteiger partial charge in [0.2, 0.25) is 0 Å². The second-order valence-corrected chi connectivity index (χ2v) is 8.86. The van der Waals surface area contributed by atoms with Gasteiger partial charge in [-0.05, 0) is 54.1 Å². The van der Waals surface area contributed by atoms with E-state index < -0.39 is 11.9 Å². The van der Waals surface area contributed by atoms with Crippen molar-refractivity contribution in [1.82, 2.24) is 0 Å². The van der Waals surface area contributed by atoms with Gasteiger partial charge in [0.1, 0.15) is 0 Å². The molecule has 172 valence electrons. The molecule has 0 saturated heterocycles. The average molecular weight is 474 g/mol. The predicted molar refractivity (Wildman–Crippen MR) is 133 cm³/mol. The second kappa shape index (κ2) is 9.89. The highest BCUT2D eigenvalue weighted by Crippen LogP contribution is 2.34. The van der Waals surface area contributed by atoms with Crippen LogP contribution in [0, 0.1) is 6.92 Å². The summed E-state index contributed by atoms with van der Waals surface area (Å²) in [5.41, 5.74) is 3.77. The summed E-state index contributed by atoms with van der Waals surface area (Å²) in [6, 6.07) is 20.4. The molecule has 1 heterocycles. The third-order valence-corrected chi connectivity index (χ3v) is 6.65. The molecule has 0 fully saturated rings. The van der Waals surface area contributed by atoms with Crippen LogP contribution in [0.15, 0.2) is 66.7 Å². The molecule has 4 rings (SSSR count). The van der Waals surface area contributed by atoms with E-state index in [1.807, 2.05) is 31.2 Å². The Bertz CT molecular complexity index is 1350. The number of nitrogens with one attached hydrogen (secondary N) is 1. The molecule has 34 heavy (non-hydrogen) atoms. The number of carbonyl (C=O) groups is 3. The number of fused-ring (bicyclic) bond motifs is 1. The van der Waals surface area contributed by atoms with Crippen molar-refractivity contribution >= 4 is 45.0 Å². The van der Waals surface area contributed by atoms with Crippen molar-refractivity contribution in [1.29, 1.82) is 0 Å². The van der Waals surface area contributed by atoms with E-state index in [9.17, 15) is 14.4 Å². The molecule has 1 amide bonds. The van der Waals surface area contributed by atoms with Crippen LogP contribution in [0.3, 0.4) is 0 Å². The van der Waals surface area contributed by atoms with Gasteiger partial charge in [-0.25, -0.2) is 9.59 Å². The van der Waals surface area contributed by atoms with Crippen LogP contribution in [0.25, 0.3) is 10.1 Å². The summed E-state index contributed by atoms with van der Waals surface area (Å²) in [4.78, 5) is 38.2. The number of aryl methyl sites for hydroxylation is 1. The van der Waals surface area contributed by atoms with Gasteiger partial charge in [0.05, 0.1) is 30.2 Å². The number of carbonyl (C=O) groups excluding carboxylic acids is 3. The van der Waals surface area contributed by atoms with Gasteiger partial charge in [0.15, 0.2) is 0 Å². The minimum atomic E-state index is -0.622. The molecule has 0 radical (unpaired) electrons. The van der Waals surface area contributed by atoms with Gasteiger partial charge in [-0.1, -0.05) is 48.0 Å². The number of esters is 2. The Hall–Kier alpha value is -3.97. The van der Waals surface area contributed by atoms with Gasteiger partial charge < -0.3 is 14.8 Å². The van der Waals surface area contributed by atoms with E-state index in [0.717, 1.165) is 21.2 Å². The van der Waals surface area contributed by atoms with Crippen LogP contribution >= 0.6 is 11.3 Å². The van der Waals surface area contributed by atoms with Crippen molar-refractivity contribution < 1.29 is 23.9 Å². The highest BCUT2D eigenvalue weighted by molar-refractivity contribution is 7.21. The molecule has 0 aliphatic rings. The smallest absolute Gasteiger partial charge is 0.337 e. The standard InChI is InChI=1S/C27H23NO5S/c1-16-8-10-17(11-9-16)12-22-21-6-4-5-7-23(21)34-24(22)25(29)28-20-14-18(26(30)32-2)13-19(15-20)27(31)33-3/h4-11,13-15H,12H2,1-3H3,(H,28,29). The maximum Gasteiger partial charge on any atom is 0.337 e. The Kier molecular flexibility index (Phi) is 6.75. The lowest BCUT2D eigenvalue weighted by atomic mass is 10.0. The number of rotatable bonds is 6. The van der Waals surface area contributed by atoms with Crippen LogP contribution in [-0.4, -0.2) is 32.1 Å². The fourth-order valence-electron chi connectivity index (χ4n) is 3.73. The lowest BCUT2D eigenvalue weighted by Gasteiger charge is -2.10. The molecule has 0 aliphatic heterocycles. The lowest BCUT2D eigenvalue weighted by Crippen LogP contribution is -2.14. The Morgan fingerprint density at radius 2 is 1.47 bits per heavy atom. The number of anilines is 1. The Balaban J connectivity index is 1.73.